The molecule has 2 atom stereocenters. The van der Waals surface area contributed by atoms with Crippen LogP contribution in [-0.4, -0.2) is 47.4 Å². The van der Waals surface area contributed by atoms with Crippen LogP contribution in [0, 0.1) is 0 Å². The zero-order valence-electron chi connectivity index (χ0n) is 36.4. The Morgan fingerprint density at radius 2 is 0.855 bits per heavy atom. The van der Waals surface area contributed by atoms with E-state index in [1.165, 1.54) is 148 Å². The van der Waals surface area contributed by atoms with Gasteiger partial charge in [0.25, 0.3) is 0 Å². The molecule has 1 amide bonds. The fourth-order valence-electron chi connectivity index (χ4n) is 6.91. The summed E-state index contributed by atoms with van der Waals surface area (Å²) in [4.78, 5) is 24.3. The van der Waals surface area contributed by atoms with Crippen LogP contribution in [0.1, 0.15) is 239 Å². The summed E-state index contributed by atoms with van der Waals surface area (Å²) in [6, 6.07) is -0.638. The van der Waals surface area contributed by atoms with Gasteiger partial charge in [0, 0.05) is 12.8 Å². The molecular formula is C49H91NO5. The van der Waals surface area contributed by atoms with Crippen LogP contribution in [0.25, 0.3) is 0 Å². The number of ether oxygens (including phenoxy) is 1. The van der Waals surface area contributed by atoms with Gasteiger partial charge >= 0.3 is 5.97 Å². The number of esters is 1. The molecule has 0 aromatic carbocycles. The number of hydrogen-bond acceptors (Lipinski definition) is 5. The molecule has 0 heterocycles. The SMILES string of the molecule is CCCCC/C=C\CCCCCCCC(=O)OCCCCCCCCC/C=C\CCCCCCCC(=O)NC(CO)C(O)/C=C/CCCCCCCCCC. The Labute approximate surface area is 341 Å². The molecule has 0 aromatic rings. The maximum absolute atomic E-state index is 12.4. The van der Waals surface area contributed by atoms with Crippen molar-refractivity contribution in [2.75, 3.05) is 13.2 Å². The van der Waals surface area contributed by atoms with Crippen LogP contribution in [0.4, 0.5) is 0 Å². The third-order valence-corrected chi connectivity index (χ3v) is 10.6. The average molecular weight is 774 g/mol. The normalized spacial score (nSPS) is 13.0. The number of carbonyl (C=O) groups excluding carboxylic acids is 2. The van der Waals surface area contributed by atoms with Gasteiger partial charge in [0.1, 0.15) is 0 Å². The van der Waals surface area contributed by atoms with E-state index < -0.39 is 12.1 Å². The minimum atomic E-state index is -0.853. The number of aliphatic hydroxyl groups excluding tert-OH is 2. The van der Waals surface area contributed by atoms with Gasteiger partial charge in [-0.15, -0.1) is 0 Å². The number of nitrogens with one attached hydrogen (secondary N) is 1. The Balaban J connectivity index is 3.50. The summed E-state index contributed by atoms with van der Waals surface area (Å²) >= 11 is 0. The number of rotatable bonds is 43. The van der Waals surface area contributed by atoms with Crippen molar-refractivity contribution >= 4 is 11.9 Å². The predicted octanol–water partition coefficient (Wildman–Crippen LogP) is 13.7. The van der Waals surface area contributed by atoms with Crippen LogP contribution >= 0.6 is 0 Å². The van der Waals surface area contributed by atoms with Gasteiger partial charge in [0.2, 0.25) is 5.91 Å². The number of unbranched alkanes of at least 4 members (excludes halogenated alkanes) is 28. The lowest BCUT2D eigenvalue weighted by atomic mass is 10.1. The lowest BCUT2D eigenvalue weighted by molar-refractivity contribution is -0.143. The second-order valence-corrected chi connectivity index (χ2v) is 16.1. The van der Waals surface area contributed by atoms with E-state index in [1.54, 1.807) is 6.08 Å². The zero-order valence-corrected chi connectivity index (χ0v) is 36.4. The molecule has 0 rings (SSSR count). The van der Waals surface area contributed by atoms with E-state index >= 15 is 0 Å². The second-order valence-electron chi connectivity index (χ2n) is 16.1. The van der Waals surface area contributed by atoms with E-state index in [0.717, 1.165) is 64.2 Å². The molecule has 0 saturated carbocycles. The molecule has 0 spiro atoms. The van der Waals surface area contributed by atoms with Crippen molar-refractivity contribution in [1.29, 1.82) is 0 Å². The van der Waals surface area contributed by atoms with E-state index in [-0.39, 0.29) is 18.5 Å². The van der Waals surface area contributed by atoms with Crippen LogP contribution in [0.3, 0.4) is 0 Å². The van der Waals surface area contributed by atoms with Crippen molar-refractivity contribution in [1.82, 2.24) is 5.32 Å². The lowest BCUT2D eigenvalue weighted by Gasteiger charge is -2.20. The van der Waals surface area contributed by atoms with Gasteiger partial charge in [-0.1, -0.05) is 179 Å². The molecule has 2 unspecified atom stereocenters. The van der Waals surface area contributed by atoms with E-state index in [0.29, 0.717) is 19.4 Å². The molecular weight excluding hydrogens is 683 g/mol. The Bertz CT molecular complexity index is 900. The number of hydrogen-bond donors (Lipinski definition) is 3. The van der Waals surface area contributed by atoms with Crippen LogP contribution in [0.15, 0.2) is 36.5 Å². The zero-order chi connectivity index (χ0) is 40.1. The first-order chi connectivity index (χ1) is 27.0. The lowest BCUT2D eigenvalue weighted by Crippen LogP contribution is -2.45. The summed E-state index contributed by atoms with van der Waals surface area (Å²) in [6.45, 7) is 4.81. The minimum absolute atomic E-state index is 0.0152. The molecule has 55 heavy (non-hydrogen) atoms. The van der Waals surface area contributed by atoms with Crippen molar-refractivity contribution in [2.45, 2.75) is 251 Å². The Morgan fingerprint density at radius 1 is 0.491 bits per heavy atom. The molecule has 0 bridgehead atoms. The molecule has 0 aliphatic heterocycles. The number of amides is 1. The Hall–Kier alpha value is -1.92. The van der Waals surface area contributed by atoms with Crippen LogP contribution in [-0.2, 0) is 14.3 Å². The summed E-state index contributed by atoms with van der Waals surface area (Å²) in [6.07, 6.45) is 52.8. The molecule has 0 aromatic heterocycles. The van der Waals surface area contributed by atoms with Crippen molar-refractivity contribution < 1.29 is 24.5 Å². The van der Waals surface area contributed by atoms with E-state index in [9.17, 15) is 19.8 Å². The predicted molar refractivity (Wildman–Crippen MR) is 236 cm³/mol. The molecule has 0 aliphatic rings. The topological polar surface area (TPSA) is 95.9 Å². The average Bonchev–Trinajstić information content (AvgIpc) is 3.18. The van der Waals surface area contributed by atoms with Crippen molar-refractivity contribution in [2.24, 2.45) is 0 Å². The highest BCUT2D eigenvalue weighted by Gasteiger charge is 2.18. The van der Waals surface area contributed by atoms with E-state index in [1.807, 2.05) is 6.08 Å². The molecule has 0 saturated heterocycles. The van der Waals surface area contributed by atoms with Gasteiger partial charge in [0.05, 0.1) is 25.4 Å². The van der Waals surface area contributed by atoms with Crippen LogP contribution in [0.2, 0.25) is 0 Å². The molecule has 0 aliphatic carbocycles. The van der Waals surface area contributed by atoms with Gasteiger partial charge in [-0.2, -0.15) is 0 Å². The first-order valence-corrected chi connectivity index (χ1v) is 23.8. The number of carbonyl (C=O) groups is 2. The van der Waals surface area contributed by atoms with Crippen molar-refractivity contribution in [3.05, 3.63) is 36.5 Å². The fraction of sp³-hybridized carbons (Fsp3) is 0.837. The number of allylic oxidation sites excluding steroid dienone is 5. The maximum Gasteiger partial charge on any atom is 0.305 e. The first kappa shape index (κ1) is 53.1. The first-order valence-electron chi connectivity index (χ1n) is 23.8. The molecule has 322 valence electrons. The summed E-state index contributed by atoms with van der Waals surface area (Å²) in [7, 11) is 0. The minimum Gasteiger partial charge on any atom is -0.466 e. The van der Waals surface area contributed by atoms with Crippen LogP contribution < -0.4 is 5.32 Å². The molecule has 6 heteroatoms. The summed E-state index contributed by atoms with van der Waals surface area (Å²) in [5, 5.41) is 22.9. The van der Waals surface area contributed by atoms with Gasteiger partial charge in [-0.05, 0) is 83.5 Å². The largest absolute Gasteiger partial charge is 0.466 e. The molecule has 0 fully saturated rings. The van der Waals surface area contributed by atoms with Gasteiger partial charge in [0.15, 0.2) is 0 Å². The Morgan fingerprint density at radius 3 is 1.33 bits per heavy atom. The smallest absolute Gasteiger partial charge is 0.305 e. The molecule has 3 N–H and O–H groups in total. The highest BCUT2D eigenvalue weighted by Crippen LogP contribution is 2.13. The molecule has 0 radical (unpaired) electrons. The summed E-state index contributed by atoms with van der Waals surface area (Å²) < 4.78 is 5.44. The van der Waals surface area contributed by atoms with Crippen LogP contribution in [0.5, 0.6) is 0 Å². The summed E-state index contributed by atoms with van der Waals surface area (Å²) in [5.74, 6) is -0.104. The molecule has 6 nitrogen and oxygen atoms in total. The Kier molecular flexibility index (Phi) is 43.2. The van der Waals surface area contributed by atoms with E-state index in [4.69, 9.17) is 4.74 Å². The van der Waals surface area contributed by atoms with E-state index in [2.05, 4.69) is 43.5 Å². The van der Waals surface area contributed by atoms with Gasteiger partial charge in [-0.25, -0.2) is 0 Å². The highest BCUT2D eigenvalue weighted by atomic mass is 16.5. The van der Waals surface area contributed by atoms with Crippen molar-refractivity contribution in [3.8, 4) is 0 Å². The summed E-state index contributed by atoms with van der Waals surface area (Å²) in [5.41, 5.74) is 0. The monoisotopic (exact) mass is 774 g/mol. The quantitative estimate of drug-likeness (QED) is 0.0326. The third kappa shape index (κ3) is 41.5. The standard InChI is InChI=1S/C49H91NO5/c1-3-5-7-9-11-13-15-23-27-31-35-39-43-49(54)55-44-40-36-32-28-24-21-19-17-16-18-20-22-26-30-34-38-42-48(53)50-46(45-51)47(52)41-37-33-29-25-14-12-10-8-6-4-2/h11,13,16,18,37,41,46-47,51-52H,3-10,12,14-15,17,19-36,38-40,42-45H2,1-2H3,(H,50,53)/b13-11-,18-16-,41-37+. The van der Waals surface area contributed by atoms with Gasteiger partial charge in [-0.3, -0.25) is 9.59 Å². The third-order valence-electron chi connectivity index (χ3n) is 10.6. The highest BCUT2D eigenvalue weighted by molar-refractivity contribution is 5.76. The van der Waals surface area contributed by atoms with Crippen molar-refractivity contribution in [3.63, 3.8) is 0 Å². The number of aliphatic hydroxyl groups is 2. The fourth-order valence-corrected chi connectivity index (χ4v) is 6.91. The van der Waals surface area contributed by atoms with Gasteiger partial charge < -0.3 is 20.3 Å². The second kappa shape index (κ2) is 44.8. The maximum atomic E-state index is 12.4.